The number of pyridine rings is 1. The summed E-state index contributed by atoms with van der Waals surface area (Å²) in [5.41, 5.74) is -1.02. The number of morpholine rings is 1. The Labute approximate surface area is 205 Å². The lowest BCUT2D eigenvalue weighted by atomic mass is 10.0. The summed E-state index contributed by atoms with van der Waals surface area (Å²) in [5, 5.41) is 0. The van der Waals surface area contributed by atoms with E-state index >= 15 is 8.78 Å². The van der Waals surface area contributed by atoms with Gasteiger partial charge in [0.15, 0.2) is 0 Å². The van der Waals surface area contributed by atoms with E-state index in [-0.39, 0.29) is 36.5 Å². The zero-order valence-electron chi connectivity index (χ0n) is 20.3. The molecule has 0 radical (unpaired) electrons. The molecule has 1 saturated heterocycles. The van der Waals surface area contributed by atoms with E-state index in [4.69, 9.17) is 9.47 Å². The Bertz CT molecular complexity index is 1300. The summed E-state index contributed by atoms with van der Waals surface area (Å²) in [5.74, 6) is -3.52. The molecular weight excluding hydrogens is 479 g/mol. The highest BCUT2D eigenvalue weighted by molar-refractivity contribution is 5.90. The average molecular weight is 505 g/mol. The molecule has 0 aliphatic carbocycles. The lowest BCUT2D eigenvalue weighted by Gasteiger charge is -2.34. The molecule has 1 aliphatic rings. The van der Waals surface area contributed by atoms with Gasteiger partial charge in [0.05, 0.1) is 48.9 Å². The van der Waals surface area contributed by atoms with Crippen LogP contribution in [0.3, 0.4) is 0 Å². The van der Waals surface area contributed by atoms with Gasteiger partial charge in [-0.1, -0.05) is 0 Å². The van der Waals surface area contributed by atoms with Crippen LogP contribution in [0.15, 0.2) is 30.5 Å². The van der Waals surface area contributed by atoms with E-state index in [1.807, 2.05) is 0 Å². The standard InChI is InChI=1S/C25H26F3N3O5/c1-25(2,3)36-24(33)30-7-8-35-16(13-30)12-19-22(29-20-11-15(26)5-6-31(19)20)21-17(27)9-14(10-18(21)28)23(32)34-4/h5-6,9-11,16H,7-8,12-13H2,1-4H3/t16-/m0/s1. The fourth-order valence-electron chi connectivity index (χ4n) is 4.05. The molecular formula is C25H26F3N3O5. The third kappa shape index (κ3) is 5.30. The van der Waals surface area contributed by atoms with Gasteiger partial charge in [-0.2, -0.15) is 0 Å². The smallest absolute Gasteiger partial charge is 0.410 e. The van der Waals surface area contributed by atoms with Gasteiger partial charge >= 0.3 is 12.1 Å². The number of methoxy groups -OCH3 is 1. The molecule has 0 spiro atoms. The van der Waals surface area contributed by atoms with Crippen LogP contribution in [-0.4, -0.2) is 64.9 Å². The van der Waals surface area contributed by atoms with Gasteiger partial charge in [-0.3, -0.25) is 0 Å². The minimum atomic E-state index is -1.03. The van der Waals surface area contributed by atoms with E-state index in [1.165, 1.54) is 21.6 Å². The minimum Gasteiger partial charge on any atom is -0.465 e. The van der Waals surface area contributed by atoms with Crippen LogP contribution >= 0.6 is 0 Å². The van der Waals surface area contributed by atoms with Crippen molar-refractivity contribution >= 4 is 17.7 Å². The Morgan fingerprint density at radius 2 is 1.86 bits per heavy atom. The van der Waals surface area contributed by atoms with Crippen LogP contribution in [-0.2, 0) is 20.6 Å². The second kappa shape index (κ2) is 9.81. The third-order valence-corrected chi connectivity index (χ3v) is 5.60. The fourth-order valence-corrected chi connectivity index (χ4v) is 4.05. The summed E-state index contributed by atoms with van der Waals surface area (Å²) in [6.07, 6.45) is 0.477. The Morgan fingerprint density at radius 1 is 1.17 bits per heavy atom. The van der Waals surface area contributed by atoms with E-state index in [0.29, 0.717) is 12.2 Å². The summed E-state index contributed by atoms with van der Waals surface area (Å²) in [6.45, 7) is 6.04. The highest BCUT2D eigenvalue weighted by Gasteiger charge is 2.31. The number of hydrogen-bond donors (Lipinski definition) is 0. The number of carbonyl (C=O) groups is 2. The molecule has 2 aromatic heterocycles. The second-order valence-corrected chi connectivity index (χ2v) is 9.41. The first-order valence-electron chi connectivity index (χ1n) is 11.3. The van der Waals surface area contributed by atoms with E-state index in [0.717, 1.165) is 25.3 Å². The van der Waals surface area contributed by atoms with E-state index in [2.05, 4.69) is 9.72 Å². The van der Waals surface area contributed by atoms with Gasteiger partial charge in [-0.15, -0.1) is 0 Å². The molecule has 0 saturated carbocycles. The number of amides is 1. The first-order valence-corrected chi connectivity index (χ1v) is 11.3. The number of ether oxygens (including phenoxy) is 3. The first kappa shape index (κ1) is 25.5. The predicted molar refractivity (Wildman–Crippen MR) is 123 cm³/mol. The number of halogens is 3. The number of fused-ring (bicyclic) bond motifs is 1. The number of nitrogens with zero attached hydrogens (tertiary/aromatic N) is 3. The van der Waals surface area contributed by atoms with Crippen LogP contribution in [0.1, 0.15) is 36.8 Å². The van der Waals surface area contributed by atoms with Gasteiger partial charge in [0.25, 0.3) is 0 Å². The van der Waals surface area contributed by atoms with Crippen LogP contribution in [0, 0.1) is 17.5 Å². The Balaban J connectivity index is 1.72. The van der Waals surface area contributed by atoms with Crippen molar-refractivity contribution < 1.29 is 37.0 Å². The summed E-state index contributed by atoms with van der Waals surface area (Å²) in [7, 11) is 1.10. The number of imidazole rings is 1. The number of carbonyl (C=O) groups excluding carboxylic acids is 2. The minimum absolute atomic E-state index is 0.0648. The molecule has 0 unspecified atom stereocenters. The predicted octanol–water partition coefficient (Wildman–Crippen LogP) is 4.38. The maximum absolute atomic E-state index is 15.1. The summed E-state index contributed by atoms with van der Waals surface area (Å²) < 4.78 is 61.5. The summed E-state index contributed by atoms with van der Waals surface area (Å²) >= 11 is 0. The van der Waals surface area contributed by atoms with E-state index < -0.39 is 46.8 Å². The summed E-state index contributed by atoms with van der Waals surface area (Å²) in [4.78, 5) is 30.1. The summed E-state index contributed by atoms with van der Waals surface area (Å²) in [6, 6.07) is 4.06. The highest BCUT2D eigenvalue weighted by Crippen LogP contribution is 2.32. The van der Waals surface area contributed by atoms with Crippen LogP contribution in [0.25, 0.3) is 16.9 Å². The Kier molecular flexibility index (Phi) is 6.94. The molecule has 3 heterocycles. The second-order valence-electron chi connectivity index (χ2n) is 9.41. The molecule has 1 atom stereocenters. The van der Waals surface area contributed by atoms with Gasteiger partial charge in [0.2, 0.25) is 0 Å². The zero-order chi connectivity index (χ0) is 26.2. The number of benzene rings is 1. The van der Waals surface area contributed by atoms with Gasteiger partial charge in [0, 0.05) is 25.2 Å². The number of hydrogen-bond acceptors (Lipinski definition) is 6. The van der Waals surface area contributed by atoms with Crippen LogP contribution in [0.2, 0.25) is 0 Å². The maximum Gasteiger partial charge on any atom is 0.410 e. The quantitative estimate of drug-likeness (QED) is 0.490. The molecule has 4 rings (SSSR count). The van der Waals surface area contributed by atoms with Crippen molar-refractivity contribution in [3.05, 3.63) is 59.2 Å². The van der Waals surface area contributed by atoms with Crippen LogP contribution in [0.5, 0.6) is 0 Å². The molecule has 8 nitrogen and oxygen atoms in total. The Hall–Kier alpha value is -3.60. The van der Waals surface area contributed by atoms with Gasteiger partial charge < -0.3 is 23.5 Å². The lowest BCUT2D eigenvalue weighted by Crippen LogP contribution is -2.48. The normalized spacial score (nSPS) is 16.3. The van der Waals surface area contributed by atoms with Crippen molar-refractivity contribution in [2.24, 2.45) is 0 Å². The molecule has 192 valence electrons. The number of rotatable bonds is 4. The molecule has 36 heavy (non-hydrogen) atoms. The molecule has 1 aliphatic heterocycles. The fraction of sp³-hybridized carbons (Fsp3) is 0.400. The van der Waals surface area contributed by atoms with Crippen molar-refractivity contribution in [3.63, 3.8) is 0 Å². The molecule has 11 heteroatoms. The number of esters is 1. The van der Waals surface area contributed by atoms with Crippen molar-refractivity contribution in [1.82, 2.24) is 14.3 Å². The van der Waals surface area contributed by atoms with E-state index in [1.54, 1.807) is 20.8 Å². The molecule has 0 N–H and O–H groups in total. The molecule has 3 aromatic rings. The topological polar surface area (TPSA) is 82.4 Å². The Morgan fingerprint density at radius 3 is 2.50 bits per heavy atom. The largest absolute Gasteiger partial charge is 0.465 e. The van der Waals surface area contributed by atoms with Crippen molar-refractivity contribution in [2.45, 2.75) is 38.9 Å². The first-order chi connectivity index (χ1) is 17.0. The van der Waals surface area contributed by atoms with Gasteiger partial charge in [-0.05, 0) is 39.0 Å². The molecule has 1 aromatic carbocycles. The van der Waals surface area contributed by atoms with Gasteiger partial charge in [0.1, 0.15) is 28.7 Å². The molecule has 1 fully saturated rings. The van der Waals surface area contributed by atoms with Crippen molar-refractivity contribution in [3.8, 4) is 11.3 Å². The lowest BCUT2D eigenvalue weighted by molar-refractivity contribution is -0.0418. The van der Waals surface area contributed by atoms with Crippen molar-refractivity contribution in [1.29, 1.82) is 0 Å². The SMILES string of the molecule is COC(=O)c1cc(F)c(-c2nc3cc(F)ccn3c2C[C@H]2CN(C(=O)OC(C)(C)C)CCO2)c(F)c1. The molecule has 0 bridgehead atoms. The maximum atomic E-state index is 15.1. The van der Waals surface area contributed by atoms with Crippen LogP contribution < -0.4 is 0 Å². The van der Waals surface area contributed by atoms with Crippen molar-refractivity contribution in [2.75, 3.05) is 26.8 Å². The average Bonchev–Trinajstić information content (AvgIpc) is 3.13. The number of aromatic nitrogens is 2. The molecule has 1 amide bonds. The van der Waals surface area contributed by atoms with Crippen LogP contribution in [0.4, 0.5) is 18.0 Å². The monoisotopic (exact) mass is 505 g/mol. The highest BCUT2D eigenvalue weighted by atomic mass is 19.1. The third-order valence-electron chi connectivity index (χ3n) is 5.60. The zero-order valence-corrected chi connectivity index (χ0v) is 20.3. The van der Waals surface area contributed by atoms with E-state index in [9.17, 15) is 14.0 Å². The van der Waals surface area contributed by atoms with Gasteiger partial charge in [-0.25, -0.2) is 27.7 Å².